The zero-order chi connectivity index (χ0) is 13.0. The lowest BCUT2D eigenvalue weighted by Crippen LogP contribution is -2.19. The summed E-state index contributed by atoms with van der Waals surface area (Å²) >= 11 is 0. The lowest BCUT2D eigenvalue weighted by Gasteiger charge is -2.07. The molecular weight excluding hydrogens is 228 g/mol. The summed E-state index contributed by atoms with van der Waals surface area (Å²) in [5, 5.41) is 0. The number of ether oxygens (including phenoxy) is 1. The Morgan fingerprint density at radius 2 is 1.94 bits per heavy atom. The first-order valence-corrected chi connectivity index (χ1v) is 5.87. The van der Waals surface area contributed by atoms with E-state index < -0.39 is 0 Å². The summed E-state index contributed by atoms with van der Waals surface area (Å²) in [4.78, 5) is 11.7. The zero-order valence-electron chi connectivity index (χ0n) is 10.3. The second kappa shape index (κ2) is 5.40. The largest absolute Gasteiger partial charge is 0.494 e. The zero-order valence-corrected chi connectivity index (χ0v) is 10.3. The molecule has 0 radical (unpaired) electrons. The predicted molar refractivity (Wildman–Crippen MR) is 71.8 cm³/mol. The highest BCUT2D eigenvalue weighted by atomic mass is 16.5. The molecule has 94 valence electrons. The van der Waals surface area contributed by atoms with Crippen LogP contribution in [0.3, 0.4) is 0 Å². The van der Waals surface area contributed by atoms with Gasteiger partial charge in [-0.2, -0.15) is 0 Å². The van der Waals surface area contributed by atoms with E-state index in [1.54, 1.807) is 16.8 Å². The third-order valence-corrected chi connectivity index (χ3v) is 2.61. The lowest BCUT2D eigenvalue weighted by molar-refractivity contribution is 0.340. The quantitative estimate of drug-likeness (QED) is 0.893. The normalized spacial score (nSPS) is 10.3. The second-order valence-electron chi connectivity index (χ2n) is 4.00. The number of benzene rings is 1. The van der Waals surface area contributed by atoms with Gasteiger partial charge in [-0.15, -0.1) is 0 Å². The van der Waals surface area contributed by atoms with Crippen molar-refractivity contribution >= 4 is 5.69 Å². The minimum atomic E-state index is -0.0936. The number of aromatic nitrogens is 1. The Balaban J connectivity index is 2.16. The van der Waals surface area contributed by atoms with Crippen LogP contribution in [-0.2, 0) is 6.54 Å². The fourth-order valence-corrected chi connectivity index (χ4v) is 1.71. The van der Waals surface area contributed by atoms with Crippen LogP contribution in [0, 0.1) is 0 Å². The maximum Gasteiger partial charge on any atom is 0.252 e. The van der Waals surface area contributed by atoms with E-state index in [4.69, 9.17) is 10.5 Å². The standard InChI is InChI=1S/C14H16N2O2/c1-2-18-13-5-3-11(4-6-13)10-16-8-7-12(15)9-14(16)17/h3-9H,2,10,15H2,1H3. The number of nitrogens with zero attached hydrogens (tertiary/aromatic N) is 1. The summed E-state index contributed by atoms with van der Waals surface area (Å²) < 4.78 is 6.98. The number of nitrogens with two attached hydrogens (primary N) is 1. The van der Waals surface area contributed by atoms with E-state index in [-0.39, 0.29) is 5.56 Å². The SMILES string of the molecule is CCOc1ccc(Cn2ccc(N)cc2=O)cc1. The van der Waals surface area contributed by atoms with E-state index in [0.717, 1.165) is 11.3 Å². The van der Waals surface area contributed by atoms with Crippen molar-refractivity contribution in [1.29, 1.82) is 0 Å². The van der Waals surface area contributed by atoms with Crippen LogP contribution in [0.4, 0.5) is 5.69 Å². The Morgan fingerprint density at radius 3 is 2.56 bits per heavy atom. The number of nitrogen functional groups attached to an aromatic ring is 1. The summed E-state index contributed by atoms with van der Waals surface area (Å²) in [6.07, 6.45) is 1.70. The van der Waals surface area contributed by atoms with Gasteiger partial charge in [0.25, 0.3) is 5.56 Å². The van der Waals surface area contributed by atoms with Gasteiger partial charge in [0.2, 0.25) is 0 Å². The van der Waals surface area contributed by atoms with Gasteiger partial charge >= 0.3 is 0 Å². The Kier molecular flexibility index (Phi) is 3.67. The van der Waals surface area contributed by atoms with Crippen molar-refractivity contribution in [2.24, 2.45) is 0 Å². The molecule has 1 aromatic heterocycles. The monoisotopic (exact) mass is 244 g/mol. The van der Waals surface area contributed by atoms with E-state index in [1.165, 1.54) is 6.07 Å². The molecule has 0 aliphatic heterocycles. The minimum Gasteiger partial charge on any atom is -0.494 e. The molecule has 0 unspecified atom stereocenters. The molecule has 4 nitrogen and oxygen atoms in total. The van der Waals surface area contributed by atoms with Gasteiger partial charge in [-0.3, -0.25) is 4.79 Å². The van der Waals surface area contributed by atoms with Crippen LogP contribution in [0.5, 0.6) is 5.75 Å². The topological polar surface area (TPSA) is 57.2 Å². The molecule has 0 atom stereocenters. The van der Waals surface area contributed by atoms with Gasteiger partial charge in [0.1, 0.15) is 5.75 Å². The van der Waals surface area contributed by atoms with Crippen molar-refractivity contribution in [3.05, 3.63) is 58.5 Å². The van der Waals surface area contributed by atoms with Gasteiger partial charge in [0, 0.05) is 18.0 Å². The molecule has 0 amide bonds. The van der Waals surface area contributed by atoms with E-state index in [1.807, 2.05) is 31.2 Å². The Labute approximate surface area is 106 Å². The summed E-state index contributed by atoms with van der Waals surface area (Å²) in [7, 11) is 0. The number of hydrogen-bond acceptors (Lipinski definition) is 3. The molecule has 1 heterocycles. The minimum absolute atomic E-state index is 0.0936. The molecule has 0 fully saturated rings. The second-order valence-corrected chi connectivity index (χ2v) is 4.00. The highest BCUT2D eigenvalue weighted by Crippen LogP contribution is 2.12. The summed E-state index contributed by atoms with van der Waals surface area (Å²) in [6.45, 7) is 3.13. The van der Waals surface area contributed by atoms with Gasteiger partial charge in [-0.25, -0.2) is 0 Å². The number of hydrogen-bond donors (Lipinski definition) is 1. The third kappa shape index (κ3) is 2.91. The molecule has 0 aliphatic rings. The fraction of sp³-hybridized carbons (Fsp3) is 0.214. The van der Waals surface area contributed by atoms with E-state index in [9.17, 15) is 4.79 Å². The van der Waals surface area contributed by atoms with Crippen LogP contribution in [0.1, 0.15) is 12.5 Å². The molecule has 18 heavy (non-hydrogen) atoms. The van der Waals surface area contributed by atoms with Crippen molar-refractivity contribution in [2.45, 2.75) is 13.5 Å². The van der Waals surface area contributed by atoms with Gasteiger partial charge in [-0.1, -0.05) is 12.1 Å². The molecule has 0 saturated carbocycles. The molecular formula is C14H16N2O2. The molecule has 2 N–H and O–H groups in total. The maximum atomic E-state index is 11.7. The van der Waals surface area contributed by atoms with Crippen molar-refractivity contribution in [2.75, 3.05) is 12.3 Å². The molecule has 0 saturated heterocycles. The van der Waals surface area contributed by atoms with E-state index in [0.29, 0.717) is 18.8 Å². The molecule has 4 heteroatoms. The van der Waals surface area contributed by atoms with Crippen LogP contribution >= 0.6 is 0 Å². The Hall–Kier alpha value is -2.23. The van der Waals surface area contributed by atoms with Crippen molar-refractivity contribution in [3.8, 4) is 5.75 Å². The number of pyridine rings is 1. The predicted octanol–water partition coefficient (Wildman–Crippen LogP) is 1.88. The fourth-order valence-electron chi connectivity index (χ4n) is 1.71. The highest BCUT2D eigenvalue weighted by molar-refractivity contribution is 5.34. The van der Waals surface area contributed by atoms with Crippen molar-refractivity contribution in [3.63, 3.8) is 0 Å². The van der Waals surface area contributed by atoms with E-state index >= 15 is 0 Å². The van der Waals surface area contributed by atoms with Gasteiger partial charge < -0.3 is 15.0 Å². The van der Waals surface area contributed by atoms with Gasteiger partial charge in [0.05, 0.1) is 13.2 Å². The van der Waals surface area contributed by atoms with E-state index in [2.05, 4.69) is 0 Å². The van der Waals surface area contributed by atoms with Crippen molar-refractivity contribution in [1.82, 2.24) is 4.57 Å². The number of anilines is 1. The molecule has 0 spiro atoms. The average Bonchev–Trinajstić information content (AvgIpc) is 2.35. The first kappa shape index (κ1) is 12.2. The summed E-state index contributed by atoms with van der Waals surface area (Å²) in [6, 6.07) is 10.9. The first-order chi connectivity index (χ1) is 8.69. The Morgan fingerprint density at radius 1 is 1.22 bits per heavy atom. The van der Waals surface area contributed by atoms with Crippen LogP contribution in [0.15, 0.2) is 47.4 Å². The molecule has 0 aliphatic carbocycles. The molecule has 2 aromatic rings. The van der Waals surface area contributed by atoms with Gasteiger partial charge in [0.15, 0.2) is 0 Å². The highest BCUT2D eigenvalue weighted by Gasteiger charge is 1.99. The Bertz CT molecular complexity index is 573. The van der Waals surface area contributed by atoms with Crippen LogP contribution in [0.2, 0.25) is 0 Å². The maximum absolute atomic E-state index is 11.7. The summed E-state index contributed by atoms with van der Waals surface area (Å²) in [5.74, 6) is 0.839. The molecule has 2 rings (SSSR count). The van der Waals surface area contributed by atoms with Gasteiger partial charge in [-0.05, 0) is 30.7 Å². The van der Waals surface area contributed by atoms with Crippen LogP contribution in [0.25, 0.3) is 0 Å². The van der Waals surface area contributed by atoms with Crippen LogP contribution < -0.4 is 16.0 Å². The number of rotatable bonds is 4. The first-order valence-electron chi connectivity index (χ1n) is 5.87. The third-order valence-electron chi connectivity index (χ3n) is 2.61. The van der Waals surface area contributed by atoms with Crippen LogP contribution in [-0.4, -0.2) is 11.2 Å². The smallest absolute Gasteiger partial charge is 0.252 e. The van der Waals surface area contributed by atoms with Crippen molar-refractivity contribution < 1.29 is 4.74 Å². The molecule has 0 bridgehead atoms. The lowest BCUT2D eigenvalue weighted by atomic mass is 10.2. The average molecular weight is 244 g/mol. The summed E-state index contributed by atoms with van der Waals surface area (Å²) in [5.41, 5.74) is 6.99. The molecule has 1 aromatic carbocycles.